The number of anilines is 1. The molecule has 3 heterocycles. The topological polar surface area (TPSA) is 87.5 Å². The van der Waals surface area contributed by atoms with Crippen LogP contribution in [-0.2, 0) is 16.4 Å². The standard InChI is InChI=1S/C21H28FN5O3S/c1-15-20(16(2)27(24-15)19-7-12-31(29,30)14-19)25-8-10-26(11-9-25)21(28)23-13-17-3-5-18(22)6-4-17/h3-6,19H,7-14H2,1-2H3,(H,23,28). The molecule has 1 unspecified atom stereocenters. The quantitative estimate of drug-likeness (QED) is 0.772. The zero-order chi connectivity index (χ0) is 22.2. The number of nitrogens with one attached hydrogen (secondary N) is 1. The Hall–Kier alpha value is -2.62. The lowest BCUT2D eigenvalue weighted by Crippen LogP contribution is -2.52. The SMILES string of the molecule is Cc1nn(C2CCS(=O)(=O)C2)c(C)c1N1CCN(C(=O)NCc2ccc(F)cc2)CC1. The summed E-state index contributed by atoms with van der Waals surface area (Å²) in [5.41, 5.74) is 3.75. The predicted molar refractivity (Wildman–Crippen MR) is 116 cm³/mol. The van der Waals surface area contributed by atoms with E-state index in [0.29, 0.717) is 39.1 Å². The summed E-state index contributed by atoms with van der Waals surface area (Å²) in [6.07, 6.45) is 0.603. The molecule has 0 aliphatic carbocycles. The van der Waals surface area contributed by atoms with Crippen molar-refractivity contribution in [1.82, 2.24) is 20.0 Å². The maximum atomic E-state index is 13.0. The maximum Gasteiger partial charge on any atom is 0.317 e. The molecule has 0 saturated carbocycles. The van der Waals surface area contributed by atoms with Gasteiger partial charge in [-0.25, -0.2) is 17.6 Å². The zero-order valence-electron chi connectivity index (χ0n) is 17.8. The summed E-state index contributed by atoms with van der Waals surface area (Å²) < 4.78 is 38.6. The minimum absolute atomic E-state index is 0.101. The van der Waals surface area contributed by atoms with Crippen LogP contribution in [0.5, 0.6) is 0 Å². The van der Waals surface area contributed by atoms with Crippen LogP contribution < -0.4 is 10.2 Å². The van der Waals surface area contributed by atoms with Gasteiger partial charge < -0.3 is 15.1 Å². The first-order valence-corrected chi connectivity index (χ1v) is 12.3. The number of amides is 2. The van der Waals surface area contributed by atoms with Gasteiger partial charge in [0.25, 0.3) is 0 Å². The lowest BCUT2D eigenvalue weighted by Gasteiger charge is -2.36. The van der Waals surface area contributed by atoms with Gasteiger partial charge in [-0.3, -0.25) is 4.68 Å². The summed E-state index contributed by atoms with van der Waals surface area (Å²) in [6, 6.07) is 5.84. The highest BCUT2D eigenvalue weighted by atomic mass is 32.2. The Bertz CT molecular complexity index is 1060. The summed E-state index contributed by atoms with van der Waals surface area (Å²) in [5.74, 6) is 0.0719. The van der Waals surface area contributed by atoms with Crippen molar-refractivity contribution in [3.05, 3.63) is 47.0 Å². The van der Waals surface area contributed by atoms with Crippen LogP contribution >= 0.6 is 0 Å². The van der Waals surface area contributed by atoms with Crippen molar-refractivity contribution in [2.45, 2.75) is 32.9 Å². The number of aromatic nitrogens is 2. The van der Waals surface area contributed by atoms with Crippen LogP contribution in [-0.4, -0.2) is 66.8 Å². The molecule has 10 heteroatoms. The number of aryl methyl sites for hydroxylation is 1. The van der Waals surface area contributed by atoms with E-state index in [-0.39, 0.29) is 29.4 Å². The molecule has 2 aliphatic heterocycles. The fourth-order valence-electron chi connectivity index (χ4n) is 4.46. The van der Waals surface area contributed by atoms with Crippen LogP contribution in [0.15, 0.2) is 24.3 Å². The third kappa shape index (κ3) is 4.68. The molecule has 2 aromatic rings. The first-order chi connectivity index (χ1) is 14.7. The molecule has 1 aromatic carbocycles. The summed E-state index contributed by atoms with van der Waals surface area (Å²) in [5, 5.41) is 7.53. The average molecular weight is 450 g/mol. The fraction of sp³-hybridized carbons (Fsp3) is 0.524. The minimum Gasteiger partial charge on any atom is -0.365 e. The normalized spacial score (nSPS) is 20.8. The van der Waals surface area contributed by atoms with Crippen molar-refractivity contribution >= 4 is 21.6 Å². The number of halogens is 1. The second-order valence-corrected chi connectivity index (χ2v) is 10.5. The van der Waals surface area contributed by atoms with Crippen molar-refractivity contribution in [3.63, 3.8) is 0 Å². The number of sulfone groups is 1. The molecule has 1 aromatic heterocycles. The molecular weight excluding hydrogens is 421 g/mol. The van der Waals surface area contributed by atoms with E-state index in [1.165, 1.54) is 12.1 Å². The molecular formula is C21H28FN5O3S. The van der Waals surface area contributed by atoms with E-state index >= 15 is 0 Å². The lowest BCUT2D eigenvalue weighted by molar-refractivity contribution is 0.194. The van der Waals surface area contributed by atoms with E-state index in [4.69, 9.17) is 0 Å². The van der Waals surface area contributed by atoms with Crippen LogP contribution in [0.1, 0.15) is 29.4 Å². The van der Waals surface area contributed by atoms with Gasteiger partial charge in [0.05, 0.1) is 34.6 Å². The Morgan fingerprint density at radius 1 is 1.16 bits per heavy atom. The third-order valence-corrected chi connectivity index (χ3v) is 7.83. The molecule has 2 fully saturated rings. The highest BCUT2D eigenvalue weighted by Crippen LogP contribution is 2.31. The largest absolute Gasteiger partial charge is 0.365 e. The Kier molecular flexibility index (Phi) is 5.92. The number of carbonyl (C=O) groups is 1. The monoisotopic (exact) mass is 449 g/mol. The molecule has 2 amide bonds. The Balaban J connectivity index is 1.35. The molecule has 31 heavy (non-hydrogen) atoms. The highest BCUT2D eigenvalue weighted by molar-refractivity contribution is 7.91. The van der Waals surface area contributed by atoms with Crippen LogP contribution in [0.3, 0.4) is 0 Å². The molecule has 168 valence electrons. The molecule has 0 bridgehead atoms. The van der Waals surface area contributed by atoms with Gasteiger partial charge in [-0.05, 0) is 38.0 Å². The summed E-state index contributed by atoms with van der Waals surface area (Å²) in [6.45, 7) is 6.82. The molecule has 2 aliphatic rings. The van der Waals surface area contributed by atoms with E-state index in [1.807, 2.05) is 18.5 Å². The Morgan fingerprint density at radius 2 is 1.84 bits per heavy atom. The van der Waals surface area contributed by atoms with E-state index in [2.05, 4.69) is 15.3 Å². The van der Waals surface area contributed by atoms with Gasteiger partial charge in [0.15, 0.2) is 9.84 Å². The van der Waals surface area contributed by atoms with Crippen molar-refractivity contribution in [1.29, 1.82) is 0 Å². The first kappa shape index (κ1) is 21.6. The summed E-state index contributed by atoms with van der Waals surface area (Å²) in [7, 11) is -2.98. The van der Waals surface area contributed by atoms with Crippen molar-refractivity contribution in [2.24, 2.45) is 0 Å². The number of piperazine rings is 1. The van der Waals surface area contributed by atoms with Crippen molar-refractivity contribution < 1.29 is 17.6 Å². The maximum absolute atomic E-state index is 13.0. The molecule has 4 rings (SSSR count). The van der Waals surface area contributed by atoms with Gasteiger partial charge in [0, 0.05) is 32.7 Å². The second-order valence-electron chi connectivity index (χ2n) is 8.28. The van der Waals surface area contributed by atoms with Crippen LogP contribution in [0.25, 0.3) is 0 Å². The number of nitrogens with zero attached hydrogens (tertiary/aromatic N) is 4. The van der Waals surface area contributed by atoms with E-state index in [0.717, 1.165) is 22.6 Å². The Labute approximate surface area is 181 Å². The van der Waals surface area contributed by atoms with Crippen molar-refractivity contribution in [2.75, 3.05) is 42.6 Å². The first-order valence-electron chi connectivity index (χ1n) is 10.5. The second kappa shape index (κ2) is 8.49. The van der Waals surface area contributed by atoms with Crippen LogP contribution in [0.4, 0.5) is 14.9 Å². The van der Waals surface area contributed by atoms with Gasteiger partial charge in [-0.2, -0.15) is 5.10 Å². The number of rotatable bonds is 4. The minimum atomic E-state index is -2.98. The molecule has 0 spiro atoms. The smallest absolute Gasteiger partial charge is 0.317 e. The highest BCUT2D eigenvalue weighted by Gasteiger charge is 2.33. The average Bonchev–Trinajstić information content (AvgIpc) is 3.25. The number of carbonyl (C=O) groups excluding carboxylic acids is 1. The van der Waals surface area contributed by atoms with Gasteiger partial charge in [-0.15, -0.1) is 0 Å². The number of hydrogen-bond donors (Lipinski definition) is 1. The van der Waals surface area contributed by atoms with E-state index < -0.39 is 9.84 Å². The van der Waals surface area contributed by atoms with Gasteiger partial charge in [-0.1, -0.05) is 12.1 Å². The molecule has 1 atom stereocenters. The van der Waals surface area contributed by atoms with Gasteiger partial charge in [0.1, 0.15) is 5.82 Å². The van der Waals surface area contributed by atoms with Crippen molar-refractivity contribution in [3.8, 4) is 0 Å². The molecule has 0 radical (unpaired) electrons. The van der Waals surface area contributed by atoms with E-state index in [1.54, 1.807) is 17.0 Å². The van der Waals surface area contributed by atoms with E-state index in [9.17, 15) is 17.6 Å². The molecule has 2 saturated heterocycles. The summed E-state index contributed by atoms with van der Waals surface area (Å²) >= 11 is 0. The van der Waals surface area contributed by atoms with Crippen LogP contribution in [0.2, 0.25) is 0 Å². The molecule has 1 N–H and O–H groups in total. The predicted octanol–water partition coefficient (Wildman–Crippen LogP) is 2.03. The third-order valence-electron chi connectivity index (χ3n) is 6.08. The number of hydrogen-bond acceptors (Lipinski definition) is 5. The molecule has 8 nitrogen and oxygen atoms in total. The Morgan fingerprint density at radius 3 is 2.45 bits per heavy atom. The number of benzene rings is 1. The zero-order valence-corrected chi connectivity index (χ0v) is 18.7. The summed E-state index contributed by atoms with van der Waals surface area (Å²) in [4.78, 5) is 16.5. The lowest BCUT2D eigenvalue weighted by atomic mass is 10.2. The van der Waals surface area contributed by atoms with Crippen LogP contribution in [0, 0.1) is 19.7 Å². The van der Waals surface area contributed by atoms with Gasteiger partial charge in [0.2, 0.25) is 0 Å². The number of urea groups is 1. The fourth-order valence-corrected chi connectivity index (χ4v) is 6.15. The van der Waals surface area contributed by atoms with Gasteiger partial charge >= 0.3 is 6.03 Å².